The van der Waals surface area contributed by atoms with E-state index in [4.69, 9.17) is 10.4 Å². The summed E-state index contributed by atoms with van der Waals surface area (Å²) in [5.74, 6) is 0. The number of hydrogen-bond acceptors (Lipinski definition) is 3. The fourth-order valence-electron chi connectivity index (χ4n) is 2.52. The zero-order valence-corrected chi connectivity index (χ0v) is 16.0. The standard InChI is InChI=1S/C16H34O.C4H10O2/c1-2-3-4-5-6-7-8-9-10-11-12-13-14-15-16-17;1-2-3-4-6-5/h17H,2-16H2,1H3;5H,2-4H2,1H3. The lowest BCUT2D eigenvalue weighted by molar-refractivity contribution is -0.242. The van der Waals surface area contributed by atoms with Crippen molar-refractivity contribution in [1.29, 1.82) is 0 Å². The van der Waals surface area contributed by atoms with E-state index in [0.29, 0.717) is 13.2 Å². The Kier molecular flexibility index (Phi) is 29.2. The average molecular weight is 333 g/mol. The smallest absolute Gasteiger partial charge is 0.0819 e. The van der Waals surface area contributed by atoms with Gasteiger partial charge in [0.05, 0.1) is 6.61 Å². The Hall–Kier alpha value is -0.120. The van der Waals surface area contributed by atoms with Gasteiger partial charge >= 0.3 is 0 Å². The summed E-state index contributed by atoms with van der Waals surface area (Å²) < 4.78 is 0. The molecule has 3 nitrogen and oxygen atoms in total. The van der Waals surface area contributed by atoms with Gasteiger partial charge in [-0.15, -0.1) is 0 Å². The van der Waals surface area contributed by atoms with Gasteiger partial charge in [-0.1, -0.05) is 104 Å². The van der Waals surface area contributed by atoms with Gasteiger partial charge in [0, 0.05) is 6.61 Å². The Balaban J connectivity index is 0. The lowest BCUT2D eigenvalue weighted by Gasteiger charge is -2.02. The van der Waals surface area contributed by atoms with Crippen LogP contribution >= 0.6 is 0 Å². The van der Waals surface area contributed by atoms with E-state index >= 15 is 0 Å². The van der Waals surface area contributed by atoms with Crippen molar-refractivity contribution in [3.8, 4) is 0 Å². The van der Waals surface area contributed by atoms with Crippen LogP contribution in [0.2, 0.25) is 0 Å². The van der Waals surface area contributed by atoms with E-state index in [-0.39, 0.29) is 0 Å². The lowest BCUT2D eigenvalue weighted by Crippen LogP contribution is -1.84. The van der Waals surface area contributed by atoms with Crippen molar-refractivity contribution in [3.63, 3.8) is 0 Å². The molecule has 0 aliphatic rings. The molecule has 0 saturated carbocycles. The molecule has 2 N–H and O–H groups in total. The zero-order valence-electron chi connectivity index (χ0n) is 16.0. The minimum absolute atomic E-state index is 0.373. The fourth-order valence-corrected chi connectivity index (χ4v) is 2.52. The molecular formula is C20H44O3. The number of aliphatic hydroxyl groups excluding tert-OH is 1. The number of aliphatic hydroxyl groups is 1. The Labute approximate surface area is 145 Å². The van der Waals surface area contributed by atoms with E-state index in [1.807, 2.05) is 6.92 Å². The molecule has 0 radical (unpaired) electrons. The van der Waals surface area contributed by atoms with Gasteiger partial charge < -0.3 is 5.11 Å². The van der Waals surface area contributed by atoms with Crippen molar-refractivity contribution in [2.75, 3.05) is 13.2 Å². The Morgan fingerprint density at radius 3 is 1.13 bits per heavy atom. The molecule has 0 aromatic heterocycles. The Morgan fingerprint density at radius 1 is 0.522 bits per heavy atom. The summed E-state index contributed by atoms with van der Waals surface area (Å²) in [7, 11) is 0. The van der Waals surface area contributed by atoms with Crippen LogP contribution in [0.15, 0.2) is 0 Å². The maximum Gasteiger partial charge on any atom is 0.0819 e. The second-order valence-corrected chi connectivity index (χ2v) is 6.51. The Bertz CT molecular complexity index is 156. The van der Waals surface area contributed by atoms with Crippen LogP contribution in [-0.2, 0) is 4.89 Å². The van der Waals surface area contributed by atoms with Crippen LogP contribution in [0.3, 0.4) is 0 Å². The molecule has 0 rings (SSSR count). The summed E-state index contributed by atoms with van der Waals surface area (Å²) in [5.41, 5.74) is 0. The molecule has 0 aliphatic heterocycles. The van der Waals surface area contributed by atoms with Crippen molar-refractivity contribution in [2.24, 2.45) is 0 Å². The maximum absolute atomic E-state index is 8.64. The predicted molar refractivity (Wildman–Crippen MR) is 101 cm³/mol. The highest BCUT2D eigenvalue weighted by molar-refractivity contribution is 4.48. The monoisotopic (exact) mass is 332 g/mol. The summed E-state index contributed by atoms with van der Waals surface area (Å²) in [6, 6.07) is 0. The largest absolute Gasteiger partial charge is 0.396 e. The lowest BCUT2D eigenvalue weighted by atomic mass is 10.0. The van der Waals surface area contributed by atoms with Crippen molar-refractivity contribution in [1.82, 2.24) is 0 Å². The van der Waals surface area contributed by atoms with Gasteiger partial charge in [0.1, 0.15) is 0 Å². The molecular weight excluding hydrogens is 288 g/mol. The molecule has 0 aliphatic carbocycles. The summed E-state index contributed by atoms with van der Waals surface area (Å²) in [4.78, 5) is 3.78. The normalized spacial score (nSPS) is 10.4. The van der Waals surface area contributed by atoms with E-state index < -0.39 is 0 Å². The van der Waals surface area contributed by atoms with Crippen LogP contribution < -0.4 is 0 Å². The third kappa shape index (κ3) is 30.3. The SMILES string of the molecule is CCCCCCCCCCCCCCCCO.CCCCOO. The van der Waals surface area contributed by atoms with E-state index in [0.717, 1.165) is 19.3 Å². The van der Waals surface area contributed by atoms with Gasteiger partial charge in [0.25, 0.3) is 0 Å². The van der Waals surface area contributed by atoms with Crippen LogP contribution in [0.5, 0.6) is 0 Å². The van der Waals surface area contributed by atoms with Crippen molar-refractivity contribution in [3.05, 3.63) is 0 Å². The molecule has 0 aromatic carbocycles. The molecule has 0 atom stereocenters. The summed E-state index contributed by atoms with van der Waals surface area (Å²) >= 11 is 0. The first kappa shape index (κ1) is 25.1. The van der Waals surface area contributed by atoms with Gasteiger partial charge in [-0.05, 0) is 12.8 Å². The van der Waals surface area contributed by atoms with Crippen LogP contribution in [0, 0.1) is 0 Å². The number of rotatable bonds is 17. The van der Waals surface area contributed by atoms with Crippen molar-refractivity contribution < 1.29 is 15.3 Å². The second-order valence-electron chi connectivity index (χ2n) is 6.51. The molecule has 0 aromatic rings. The third-order valence-electron chi connectivity index (χ3n) is 4.10. The van der Waals surface area contributed by atoms with Gasteiger partial charge in [0.15, 0.2) is 0 Å². The van der Waals surface area contributed by atoms with E-state index in [2.05, 4.69) is 11.8 Å². The van der Waals surface area contributed by atoms with Crippen LogP contribution in [0.25, 0.3) is 0 Å². The zero-order chi connectivity index (χ0) is 17.4. The number of unbranched alkanes of at least 4 members (excludes halogenated alkanes) is 14. The van der Waals surface area contributed by atoms with Gasteiger partial charge in [0.2, 0.25) is 0 Å². The van der Waals surface area contributed by atoms with Gasteiger partial charge in [-0.2, -0.15) is 0 Å². The van der Waals surface area contributed by atoms with Gasteiger partial charge in [-0.3, -0.25) is 5.26 Å². The molecule has 23 heavy (non-hydrogen) atoms. The molecule has 0 bridgehead atoms. The van der Waals surface area contributed by atoms with Crippen LogP contribution in [-0.4, -0.2) is 23.6 Å². The first-order valence-electron chi connectivity index (χ1n) is 10.2. The van der Waals surface area contributed by atoms with E-state index in [1.54, 1.807) is 0 Å². The first-order chi connectivity index (χ1) is 11.3. The highest BCUT2D eigenvalue weighted by atomic mass is 17.1. The minimum atomic E-state index is 0.373. The molecule has 0 unspecified atom stereocenters. The van der Waals surface area contributed by atoms with Crippen LogP contribution in [0.1, 0.15) is 117 Å². The quantitative estimate of drug-likeness (QED) is 0.176. The summed E-state index contributed by atoms with van der Waals surface area (Å²) in [6.45, 7) is 5.16. The third-order valence-corrected chi connectivity index (χ3v) is 4.10. The van der Waals surface area contributed by atoms with Gasteiger partial charge in [-0.25, -0.2) is 4.89 Å². The van der Waals surface area contributed by atoms with E-state index in [9.17, 15) is 0 Å². The maximum atomic E-state index is 8.64. The van der Waals surface area contributed by atoms with Crippen molar-refractivity contribution >= 4 is 0 Å². The predicted octanol–water partition coefficient (Wildman–Crippen LogP) is 6.74. The topological polar surface area (TPSA) is 49.7 Å². The first-order valence-corrected chi connectivity index (χ1v) is 10.2. The number of hydrogen-bond donors (Lipinski definition) is 2. The van der Waals surface area contributed by atoms with E-state index in [1.165, 1.54) is 83.5 Å². The average Bonchev–Trinajstić information content (AvgIpc) is 2.58. The molecule has 0 saturated heterocycles. The fraction of sp³-hybridized carbons (Fsp3) is 1.00. The molecule has 0 spiro atoms. The molecule has 0 amide bonds. The summed E-state index contributed by atoms with van der Waals surface area (Å²) in [5, 5.41) is 16.3. The highest BCUT2D eigenvalue weighted by Crippen LogP contribution is 2.12. The van der Waals surface area contributed by atoms with Crippen molar-refractivity contribution in [2.45, 2.75) is 117 Å². The molecule has 0 heterocycles. The Morgan fingerprint density at radius 2 is 0.870 bits per heavy atom. The highest BCUT2D eigenvalue weighted by Gasteiger charge is 1.93. The minimum Gasteiger partial charge on any atom is -0.396 e. The summed E-state index contributed by atoms with van der Waals surface area (Å²) in [6.07, 6.45) is 21.2. The molecule has 142 valence electrons. The molecule has 0 fully saturated rings. The second kappa shape index (κ2) is 26.8. The molecule has 3 heteroatoms. The van der Waals surface area contributed by atoms with Crippen LogP contribution in [0.4, 0.5) is 0 Å².